The third kappa shape index (κ3) is 4.87. The van der Waals surface area contributed by atoms with Crippen LogP contribution in [0.25, 0.3) is 0 Å². The van der Waals surface area contributed by atoms with Crippen molar-refractivity contribution in [3.05, 3.63) is 24.3 Å². The fourth-order valence-corrected chi connectivity index (χ4v) is 4.62. The number of hydrogen-bond acceptors (Lipinski definition) is 4. The van der Waals surface area contributed by atoms with Crippen molar-refractivity contribution >= 4 is 17.4 Å². The molecule has 3 nitrogen and oxygen atoms in total. The first-order valence-electron chi connectivity index (χ1n) is 9.25. The number of piperazine rings is 1. The highest BCUT2D eigenvalue weighted by Gasteiger charge is 2.44. The number of piperidine rings is 1. The summed E-state index contributed by atoms with van der Waals surface area (Å²) in [6.45, 7) is 5.36. The molecule has 26 heavy (non-hydrogen) atoms. The average Bonchev–Trinajstić information content (AvgIpc) is 2.61. The normalized spacial score (nSPS) is 26.3. The summed E-state index contributed by atoms with van der Waals surface area (Å²) in [7, 11) is 1.61. The van der Waals surface area contributed by atoms with E-state index in [0.29, 0.717) is 18.9 Å². The van der Waals surface area contributed by atoms with Gasteiger partial charge in [0.1, 0.15) is 6.04 Å². The van der Waals surface area contributed by atoms with E-state index in [9.17, 15) is 13.2 Å². The van der Waals surface area contributed by atoms with Crippen LogP contribution in [0.3, 0.4) is 0 Å². The van der Waals surface area contributed by atoms with Gasteiger partial charge in [0.05, 0.1) is 0 Å². The van der Waals surface area contributed by atoms with Crippen LogP contribution in [0.5, 0.6) is 0 Å². The molecule has 2 saturated heterocycles. The minimum absolute atomic E-state index is 0.228. The molecule has 2 fully saturated rings. The minimum atomic E-state index is -4.10. The molecule has 0 amide bonds. The smallest absolute Gasteiger partial charge is 0.369 e. The Hall–Kier alpha value is -0.920. The molecule has 0 spiro atoms. The summed E-state index contributed by atoms with van der Waals surface area (Å²) in [6, 6.07) is 7.34. The zero-order valence-electron chi connectivity index (χ0n) is 15.5. The molecule has 0 radical (unpaired) electrons. The molecule has 2 aliphatic rings. The van der Waals surface area contributed by atoms with E-state index in [0.717, 1.165) is 32.7 Å². The van der Waals surface area contributed by atoms with Gasteiger partial charge in [-0.15, -0.1) is 11.8 Å². The van der Waals surface area contributed by atoms with Crippen LogP contribution in [-0.4, -0.2) is 74.6 Å². The molecule has 2 unspecified atom stereocenters. The van der Waals surface area contributed by atoms with Gasteiger partial charge in [0.2, 0.25) is 0 Å². The first-order valence-corrected chi connectivity index (χ1v) is 10.5. The number of rotatable bonds is 4. The predicted molar refractivity (Wildman–Crippen MR) is 102 cm³/mol. The standard InChI is InChI=1S/C19H28F3N3S/c1-23-13-15(6-7-18(23)19(20,21)22)14-24-8-10-25(11-9-24)16-4-3-5-17(12-16)26-2/h3-5,12,15,18H,6-11,13-14H2,1-2H3. The number of anilines is 1. The van der Waals surface area contributed by atoms with Crippen molar-refractivity contribution in [2.75, 3.05) is 57.5 Å². The third-order valence-corrected chi connectivity index (χ3v) is 6.34. The second-order valence-corrected chi connectivity index (χ2v) is 8.31. The van der Waals surface area contributed by atoms with Crippen molar-refractivity contribution in [1.82, 2.24) is 9.80 Å². The number of alkyl halides is 3. The zero-order valence-corrected chi connectivity index (χ0v) is 16.3. The molecule has 0 aliphatic carbocycles. The molecule has 0 saturated carbocycles. The summed E-state index contributed by atoms with van der Waals surface area (Å²) >= 11 is 1.75. The summed E-state index contributed by atoms with van der Waals surface area (Å²) < 4.78 is 38.9. The lowest BCUT2D eigenvalue weighted by Crippen LogP contribution is -2.53. The molecule has 2 atom stereocenters. The molecule has 2 heterocycles. The van der Waals surface area contributed by atoms with Crippen LogP contribution in [-0.2, 0) is 0 Å². The topological polar surface area (TPSA) is 9.72 Å². The molecular weight excluding hydrogens is 359 g/mol. The summed E-state index contributed by atoms with van der Waals surface area (Å²) in [5, 5.41) is 0. The lowest BCUT2D eigenvalue weighted by molar-refractivity contribution is -0.190. The van der Waals surface area contributed by atoms with Crippen molar-refractivity contribution in [1.29, 1.82) is 0 Å². The van der Waals surface area contributed by atoms with Gasteiger partial charge >= 0.3 is 6.18 Å². The van der Waals surface area contributed by atoms with E-state index >= 15 is 0 Å². The lowest BCUT2D eigenvalue weighted by Gasteiger charge is -2.42. The molecule has 0 bridgehead atoms. The predicted octanol–water partition coefficient (Wildman–Crippen LogP) is 3.80. The van der Waals surface area contributed by atoms with Crippen molar-refractivity contribution in [3.8, 4) is 0 Å². The molecule has 0 aromatic heterocycles. The van der Waals surface area contributed by atoms with E-state index in [1.807, 2.05) is 0 Å². The molecule has 1 aromatic rings. The molecule has 0 N–H and O–H groups in total. The van der Waals surface area contributed by atoms with Gasteiger partial charge in [-0.2, -0.15) is 13.2 Å². The fraction of sp³-hybridized carbons (Fsp3) is 0.684. The fourth-order valence-electron chi connectivity index (χ4n) is 4.16. The highest BCUT2D eigenvalue weighted by atomic mass is 32.2. The SMILES string of the molecule is CSc1cccc(N2CCN(CC3CCC(C(F)(F)F)N(C)C3)CC2)c1. The van der Waals surface area contributed by atoms with Gasteiger partial charge in [-0.25, -0.2) is 0 Å². The molecule has 7 heteroatoms. The summed E-state index contributed by atoms with van der Waals surface area (Å²) in [5.74, 6) is 0.338. The summed E-state index contributed by atoms with van der Waals surface area (Å²) in [5.41, 5.74) is 1.27. The maximum absolute atomic E-state index is 13.0. The van der Waals surface area contributed by atoms with Crippen LogP contribution in [0.2, 0.25) is 0 Å². The first-order chi connectivity index (χ1) is 12.4. The molecule has 1 aromatic carbocycles. The van der Waals surface area contributed by atoms with Crippen molar-refractivity contribution in [2.45, 2.75) is 30.0 Å². The highest BCUT2D eigenvalue weighted by molar-refractivity contribution is 7.98. The number of benzene rings is 1. The summed E-state index contributed by atoms with van der Waals surface area (Å²) in [6.07, 6.45) is -1.12. The second-order valence-electron chi connectivity index (χ2n) is 7.43. The van der Waals surface area contributed by atoms with Gasteiger partial charge in [0.25, 0.3) is 0 Å². The van der Waals surface area contributed by atoms with E-state index < -0.39 is 12.2 Å². The van der Waals surface area contributed by atoms with Crippen LogP contribution < -0.4 is 4.90 Å². The zero-order chi connectivity index (χ0) is 18.7. The quantitative estimate of drug-likeness (QED) is 0.727. The van der Waals surface area contributed by atoms with Gasteiger partial charge in [-0.05, 0) is 50.3 Å². The Morgan fingerprint density at radius 1 is 1.12 bits per heavy atom. The Morgan fingerprint density at radius 3 is 2.46 bits per heavy atom. The lowest BCUT2D eigenvalue weighted by atomic mass is 9.92. The van der Waals surface area contributed by atoms with Crippen molar-refractivity contribution < 1.29 is 13.2 Å². The van der Waals surface area contributed by atoms with Crippen LogP contribution in [0.4, 0.5) is 18.9 Å². The van der Waals surface area contributed by atoms with Gasteiger partial charge in [0, 0.05) is 49.9 Å². The van der Waals surface area contributed by atoms with Gasteiger partial charge in [-0.1, -0.05) is 6.07 Å². The van der Waals surface area contributed by atoms with Crippen LogP contribution in [0, 0.1) is 5.92 Å². The molecule has 3 rings (SSSR count). The largest absolute Gasteiger partial charge is 0.404 e. The highest BCUT2D eigenvalue weighted by Crippen LogP contribution is 2.33. The number of hydrogen-bond donors (Lipinski definition) is 0. The molecule has 2 aliphatic heterocycles. The Balaban J connectivity index is 1.47. The van der Waals surface area contributed by atoms with E-state index in [2.05, 4.69) is 40.3 Å². The number of likely N-dealkylation sites (tertiary alicyclic amines) is 1. The maximum Gasteiger partial charge on any atom is 0.404 e. The third-order valence-electron chi connectivity index (χ3n) is 5.61. The number of thioether (sulfide) groups is 1. The monoisotopic (exact) mass is 387 g/mol. The van der Waals surface area contributed by atoms with Gasteiger partial charge in [0.15, 0.2) is 0 Å². The number of nitrogens with zero attached hydrogens (tertiary/aromatic N) is 3. The van der Waals surface area contributed by atoms with Crippen molar-refractivity contribution in [2.24, 2.45) is 5.92 Å². The maximum atomic E-state index is 13.0. The van der Waals surface area contributed by atoms with E-state index in [4.69, 9.17) is 0 Å². The second kappa shape index (κ2) is 8.40. The van der Waals surface area contributed by atoms with E-state index in [-0.39, 0.29) is 6.42 Å². The van der Waals surface area contributed by atoms with E-state index in [1.54, 1.807) is 18.8 Å². The van der Waals surface area contributed by atoms with Crippen molar-refractivity contribution in [3.63, 3.8) is 0 Å². The Kier molecular flexibility index (Phi) is 6.41. The molecular formula is C19H28F3N3S. The minimum Gasteiger partial charge on any atom is -0.369 e. The van der Waals surface area contributed by atoms with Gasteiger partial charge in [-0.3, -0.25) is 9.80 Å². The first kappa shape index (κ1) is 19.8. The van der Waals surface area contributed by atoms with E-state index in [1.165, 1.54) is 15.5 Å². The van der Waals surface area contributed by atoms with Crippen LogP contribution in [0.1, 0.15) is 12.8 Å². The Labute approximate surface area is 158 Å². The Bertz CT molecular complexity index is 588. The van der Waals surface area contributed by atoms with Gasteiger partial charge < -0.3 is 4.90 Å². The summed E-state index contributed by atoms with van der Waals surface area (Å²) in [4.78, 5) is 7.59. The average molecular weight is 388 g/mol. The Morgan fingerprint density at radius 2 is 1.85 bits per heavy atom. The van der Waals surface area contributed by atoms with Crippen LogP contribution in [0.15, 0.2) is 29.2 Å². The molecule has 146 valence electrons. The van der Waals surface area contributed by atoms with Crippen LogP contribution >= 0.6 is 11.8 Å². The number of halogens is 3.